The van der Waals surface area contributed by atoms with E-state index in [0.717, 1.165) is 27.5 Å². The van der Waals surface area contributed by atoms with E-state index < -0.39 is 37.5 Å². The molecule has 214 valence electrons. The van der Waals surface area contributed by atoms with E-state index >= 15 is 0 Å². The summed E-state index contributed by atoms with van der Waals surface area (Å²) < 4.78 is 74.4. The van der Waals surface area contributed by atoms with Crippen LogP contribution in [0, 0.1) is 5.82 Å². The Labute approximate surface area is 240 Å². The van der Waals surface area contributed by atoms with E-state index in [1.807, 2.05) is 47.3 Å². The molecular formula is C26H24FN5O6S3. The minimum absolute atomic E-state index is 0.0457. The Morgan fingerprint density at radius 3 is 2.54 bits per heavy atom. The zero-order valence-corrected chi connectivity index (χ0v) is 24.0. The van der Waals surface area contributed by atoms with Gasteiger partial charge < -0.3 is 9.15 Å². The van der Waals surface area contributed by atoms with Crippen LogP contribution in [0.2, 0.25) is 0 Å². The molecule has 0 saturated carbocycles. The highest BCUT2D eigenvalue weighted by molar-refractivity contribution is 7.91. The van der Waals surface area contributed by atoms with Crippen LogP contribution in [0.3, 0.4) is 0 Å². The van der Waals surface area contributed by atoms with Crippen LogP contribution in [0.4, 0.5) is 4.39 Å². The summed E-state index contributed by atoms with van der Waals surface area (Å²) in [5, 5.41) is 6.55. The fourth-order valence-corrected chi connectivity index (χ4v) is 7.52. The molecule has 5 aromatic rings. The van der Waals surface area contributed by atoms with Gasteiger partial charge in [-0.15, -0.1) is 21.5 Å². The van der Waals surface area contributed by atoms with E-state index in [0.29, 0.717) is 12.1 Å². The van der Waals surface area contributed by atoms with Crippen molar-refractivity contribution in [1.29, 1.82) is 0 Å². The Hall–Kier alpha value is -3.60. The standard InChI is InChI=1S/C26H24FN5O6S3/c1-37-14-16-5-7-18(8-6-16)19-9-10-21-22(12-19)39-26(29-21)24(25-31-30-23(38-25)13-28-32-40(33)34)41(35,36)15-17-3-2-4-20(27)11-17/h2-12,24,28,40H,13-15H2,1H3,(H,32,33,34). The van der Waals surface area contributed by atoms with Gasteiger partial charge in [0.05, 0.1) is 29.1 Å². The van der Waals surface area contributed by atoms with Crippen molar-refractivity contribution in [2.75, 3.05) is 7.11 Å². The third kappa shape index (κ3) is 7.01. The van der Waals surface area contributed by atoms with E-state index in [1.54, 1.807) is 7.11 Å². The summed E-state index contributed by atoms with van der Waals surface area (Å²) in [5.41, 5.74) is 6.14. The van der Waals surface area contributed by atoms with Gasteiger partial charge in [-0.25, -0.2) is 31.6 Å². The summed E-state index contributed by atoms with van der Waals surface area (Å²) in [4.78, 5) is 6.58. The lowest BCUT2D eigenvalue weighted by Gasteiger charge is -2.12. The molecule has 2 heterocycles. The average molecular weight is 618 g/mol. The molecular weight excluding hydrogens is 594 g/mol. The molecule has 0 aliphatic heterocycles. The molecule has 0 aliphatic carbocycles. The number of hydrogen-bond donors (Lipinski definition) is 3. The van der Waals surface area contributed by atoms with Crippen LogP contribution in [0.15, 0.2) is 71.1 Å². The number of methoxy groups -OCH3 is 1. The second-order valence-electron chi connectivity index (χ2n) is 8.94. The molecule has 15 heteroatoms. The van der Waals surface area contributed by atoms with Crippen LogP contribution in [0.25, 0.3) is 21.3 Å². The lowest BCUT2D eigenvalue weighted by molar-refractivity contribution is 0.185. The summed E-state index contributed by atoms with van der Waals surface area (Å²) >= 11 is 1.17. The van der Waals surface area contributed by atoms with Crippen LogP contribution in [0.1, 0.15) is 33.2 Å². The number of sulfone groups is 1. The van der Waals surface area contributed by atoms with Crippen LogP contribution in [0.5, 0.6) is 0 Å². The van der Waals surface area contributed by atoms with Crippen molar-refractivity contribution >= 4 is 42.3 Å². The highest BCUT2D eigenvalue weighted by atomic mass is 32.2. The average Bonchev–Trinajstić information content (AvgIpc) is 3.55. The molecule has 11 nitrogen and oxygen atoms in total. The molecule has 1 unspecified atom stereocenters. The van der Waals surface area contributed by atoms with Gasteiger partial charge >= 0.3 is 0 Å². The van der Waals surface area contributed by atoms with Crippen molar-refractivity contribution in [2.24, 2.45) is 0 Å². The van der Waals surface area contributed by atoms with Gasteiger partial charge in [-0.3, -0.25) is 0 Å². The highest BCUT2D eigenvalue weighted by Gasteiger charge is 2.37. The molecule has 0 fully saturated rings. The highest BCUT2D eigenvalue weighted by Crippen LogP contribution is 2.38. The van der Waals surface area contributed by atoms with Gasteiger partial charge in [-0.1, -0.05) is 42.5 Å². The van der Waals surface area contributed by atoms with Crippen molar-refractivity contribution in [2.45, 2.75) is 24.2 Å². The Morgan fingerprint density at radius 1 is 1.02 bits per heavy atom. The quantitative estimate of drug-likeness (QED) is 0.140. The third-order valence-corrected chi connectivity index (χ3v) is 9.41. The summed E-state index contributed by atoms with van der Waals surface area (Å²) in [6.07, 6.45) is 0. The summed E-state index contributed by atoms with van der Waals surface area (Å²) in [7, 11) is -5.38. The largest absolute Gasteiger partial charge is 0.422 e. The van der Waals surface area contributed by atoms with Crippen LogP contribution in [-0.4, -0.2) is 39.1 Å². The number of hydrogen-bond acceptors (Lipinski definition) is 11. The monoisotopic (exact) mass is 617 g/mol. The molecule has 0 aliphatic rings. The Bertz CT molecular complexity index is 1850. The Balaban J connectivity index is 1.52. The number of ether oxygens (including phenoxy) is 1. The van der Waals surface area contributed by atoms with Crippen molar-refractivity contribution in [3.05, 3.63) is 100 Å². The number of thiol groups is 1. The Morgan fingerprint density at radius 2 is 1.80 bits per heavy atom. The van der Waals surface area contributed by atoms with Gasteiger partial charge in [0.15, 0.2) is 15.1 Å². The SMILES string of the molecule is COCc1ccc(-c2ccc3nc(C(c4nnc(CNN[SH](=O)=O)o4)S(=O)(=O)Cc4cccc(F)c4)sc3c2)cc1. The van der Waals surface area contributed by atoms with Crippen LogP contribution < -0.4 is 10.3 Å². The zero-order valence-electron chi connectivity index (χ0n) is 21.5. The second-order valence-corrected chi connectivity index (χ2v) is 12.8. The normalized spacial score (nSPS) is 12.8. The first kappa shape index (κ1) is 28.9. The number of halogens is 1. The fraction of sp³-hybridized carbons (Fsp3) is 0.192. The first-order valence-corrected chi connectivity index (χ1v) is 15.8. The smallest absolute Gasteiger partial charge is 0.241 e. The fourth-order valence-electron chi connectivity index (χ4n) is 4.17. The number of rotatable bonds is 12. The molecule has 0 spiro atoms. The molecule has 0 bridgehead atoms. The number of hydrazine groups is 1. The number of nitrogens with one attached hydrogen (secondary N) is 2. The van der Waals surface area contributed by atoms with Gasteiger partial charge in [0.1, 0.15) is 10.8 Å². The van der Waals surface area contributed by atoms with E-state index in [9.17, 15) is 21.2 Å². The Kier molecular flexibility index (Phi) is 8.82. The topological polar surface area (TPSA) is 153 Å². The molecule has 0 radical (unpaired) electrons. The van der Waals surface area contributed by atoms with Crippen molar-refractivity contribution < 1.29 is 30.4 Å². The predicted octanol–water partition coefficient (Wildman–Crippen LogP) is 3.46. The minimum Gasteiger partial charge on any atom is -0.422 e. The van der Waals surface area contributed by atoms with Crippen molar-refractivity contribution in [3.8, 4) is 11.1 Å². The van der Waals surface area contributed by atoms with Crippen molar-refractivity contribution in [3.63, 3.8) is 0 Å². The lowest BCUT2D eigenvalue weighted by atomic mass is 10.0. The van der Waals surface area contributed by atoms with Crippen molar-refractivity contribution in [1.82, 2.24) is 25.4 Å². The van der Waals surface area contributed by atoms with Crippen LogP contribution in [-0.2, 0) is 44.4 Å². The molecule has 2 N–H and O–H groups in total. The molecule has 5 rings (SSSR count). The number of fused-ring (bicyclic) bond motifs is 1. The van der Waals surface area contributed by atoms with Gasteiger partial charge in [-0.05, 0) is 46.5 Å². The summed E-state index contributed by atoms with van der Waals surface area (Å²) in [6, 6.07) is 18.9. The predicted molar refractivity (Wildman–Crippen MR) is 151 cm³/mol. The first-order valence-electron chi connectivity index (χ1n) is 12.1. The van der Waals surface area contributed by atoms with Gasteiger partial charge in [-0.2, -0.15) is 4.83 Å². The number of thiazole rings is 1. The number of benzene rings is 3. The molecule has 41 heavy (non-hydrogen) atoms. The zero-order chi connectivity index (χ0) is 29.0. The minimum atomic E-state index is -4.10. The first-order chi connectivity index (χ1) is 19.7. The number of aromatic nitrogens is 3. The maximum atomic E-state index is 13.8. The molecule has 2 aromatic heterocycles. The summed E-state index contributed by atoms with van der Waals surface area (Å²) in [5.74, 6) is -1.35. The lowest BCUT2D eigenvalue weighted by Crippen LogP contribution is -2.29. The van der Waals surface area contributed by atoms with E-state index in [-0.39, 0.29) is 28.9 Å². The third-order valence-electron chi connectivity index (χ3n) is 5.96. The van der Waals surface area contributed by atoms with Gasteiger partial charge in [0.25, 0.3) is 0 Å². The van der Waals surface area contributed by atoms with Gasteiger partial charge in [0, 0.05) is 7.11 Å². The van der Waals surface area contributed by atoms with Gasteiger partial charge in [0.2, 0.25) is 22.7 Å². The summed E-state index contributed by atoms with van der Waals surface area (Å²) in [6.45, 7) is 0.324. The van der Waals surface area contributed by atoms with E-state index in [4.69, 9.17) is 9.15 Å². The maximum absolute atomic E-state index is 13.8. The van der Waals surface area contributed by atoms with Crippen LogP contribution >= 0.6 is 11.3 Å². The maximum Gasteiger partial charge on any atom is 0.241 e. The molecule has 0 saturated heterocycles. The van der Waals surface area contributed by atoms with E-state index in [1.165, 1.54) is 29.5 Å². The molecule has 0 amide bonds. The molecule has 1 atom stereocenters. The second kappa shape index (κ2) is 12.5. The molecule has 3 aromatic carbocycles. The number of nitrogens with zero attached hydrogens (tertiary/aromatic N) is 3. The van der Waals surface area contributed by atoms with E-state index in [2.05, 4.69) is 20.6 Å².